The molecule has 9 heteroatoms. The smallest absolute Gasteiger partial charge is 0.329 e. The molecule has 1 aliphatic rings. The summed E-state index contributed by atoms with van der Waals surface area (Å²) in [5, 5.41) is 0.436. The molecule has 0 radical (unpaired) electrons. The van der Waals surface area contributed by atoms with E-state index in [9.17, 15) is 14.4 Å². The fourth-order valence-electron chi connectivity index (χ4n) is 4.27. The maximum atomic E-state index is 13.5. The van der Waals surface area contributed by atoms with Gasteiger partial charge in [0.25, 0.3) is 0 Å². The first kappa shape index (κ1) is 29.5. The standard InChI is InChI=1S/C29H33BrClN3O4/c1-6-14-32(15-7-2)23-13-12-22(31)19-24(23)33-16-17-34(27(36)26(33)35)25(28(37)38-29(3,4)5)18-20-8-10-21(30)11-9-20/h6-13,19,25H,1-2,14-18H2,3-5H3/t25-/m0/s1. The van der Waals surface area contributed by atoms with Gasteiger partial charge < -0.3 is 19.4 Å². The van der Waals surface area contributed by atoms with Gasteiger partial charge in [-0.2, -0.15) is 0 Å². The largest absolute Gasteiger partial charge is 0.458 e. The highest BCUT2D eigenvalue weighted by atomic mass is 79.9. The summed E-state index contributed by atoms with van der Waals surface area (Å²) in [4.78, 5) is 45.0. The minimum absolute atomic E-state index is 0.153. The zero-order valence-electron chi connectivity index (χ0n) is 22.0. The number of anilines is 2. The molecule has 0 unspecified atom stereocenters. The van der Waals surface area contributed by atoms with Gasteiger partial charge in [0, 0.05) is 42.1 Å². The molecule has 1 saturated heterocycles. The van der Waals surface area contributed by atoms with Crippen molar-refractivity contribution in [3.05, 3.63) is 82.8 Å². The highest BCUT2D eigenvalue weighted by Gasteiger charge is 2.42. The van der Waals surface area contributed by atoms with E-state index in [0.717, 1.165) is 15.7 Å². The highest BCUT2D eigenvalue weighted by molar-refractivity contribution is 9.10. The molecule has 202 valence electrons. The Labute approximate surface area is 237 Å². The van der Waals surface area contributed by atoms with Crippen LogP contribution in [-0.4, -0.2) is 60.5 Å². The first-order valence-electron chi connectivity index (χ1n) is 12.3. The summed E-state index contributed by atoms with van der Waals surface area (Å²) in [6.45, 7) is 14.3. The topological polar surface area (TPSA) is 70.2 Å². The van der Waals surface area contributed by atoms with Crippen molar-refractivity contribution >= 4 is 56.7 Å². The molecule has 1 aliphatic heterocycles. The zero-order valence-corrected chi connectivity index (χ0v) is 24.3. The first-order chi connectivity index (χ1) is 17.9. The van der Waals surface area contributed by atoms with Gasteiger partial charge in [0.1, 0.15) is 11.6 Å². The van der Waals surface area contributed by atoms with E-state index < -0.39 is 29.4 Å². The predicted molar refractivity (Wildman–Crippen MR) is 156 cm³/mol. The van der Waals surface area contributed by atoms with E-state index in [2.05, 4.69) is 29.1 Å². The van der Waals surface area contributed by atoms with E-state index in [1.165, 1.54) is 9.80 Å². The highest BCUT2D eigenvalue weighted by Crippen LogP contribution is 2.34. The molecule has 1 atom stereocenters. The van der Waals surface area contributed by atoms with Crippen LogP contribution in [0.4, 0.5) is 11.4 Å². The van der Waals surface area contributed by atoms with Gasteiger partial charge in [-0.25, -0.2) is 4.79 Å². The number of ether oxygens (including phenoxy) is 1. The molecule has 2 amide bonds. The summed E-state index contributed by atoms with van der Waals surface area (Å²) in [6.07, 6.45) is 3.72. The van der Waals surface area contributed by atoms with Crippen molar-refractivity contribution in [2.24, 2.45) is 0 Å². The van der Waals surface area contributed by atoms with Crippen LogP contribution in [0.5, 0.6) is 0 Å². The van der Waals surface area contributed by atoms with E-state index in [-0.39, 0.29) is 19.5 Å². The van der Waals surface area contributed by atoms with Crippen LogP contribution in [0.15, 0.2) is 72.2 Å². The molecule has 0 saturated carbocycles. The van der Waals surface area contributed by atoms with Gasteiger partial charge in [-0.05, 0) is 56.7 Å². The Morgan fingerprint density at radius 1 is 1.08 bits per heavy atom. The molecule has 0 aromatic heterocycles. The Morgan fingerprint density at radius 2 is 1.71 bits per heavy atom. The summed E-state index contributed by atoms with van der Waals surface area (Å²) in [5.41, 5.74) is 1.33. The van der Waals surface area contributed by atoms with E-state index in [1.807, 2.05) is 35.2 Å². The molecule has 0 spiro atoms. The second-order valence-electron chi connectivity index (χ2n) is 9.95. The van der Waals surface area contributed by atoms with Gasteiger partial charge in [0.05, 0.1) is 11.4 Å². The monoisotopic (exact) mass is 601 g/mol. The minimum Gasteiger partial charge on any atom is -0.458 e. The molecular weight excluding hydrogens is 570 g/mol. The summed E-state index contributed by atoms with van der Waals surface area (Å²) in [7, 11) is 0. The maximum absolute atomic E-state index is 13.5. The van der Waals surface area contributed by atoms with Crippen LogP contribution < -0.4 is 9.80 Å². The first-order valence-corrected chi connectivity index (χ1v) is 13.5. The number of benzene rings is 2. The zero-order chi connectivity index (χ0) is 28.0. The molecular formula is C29H33BrClN3O4. The molecule has 38 heavy (non-hydrogen) atoms. The number of carbonyl (C=O) groups excluding carboxylic acids is 3. The van der Waals surface area contributed by atoms with Gasteiger partial charge in [-0.1, -0.05) is 51.8 Å². The number of piperazine rings is 1. The Kier molecular flexibility index (Phi) is 9.79. The Morgan fingerprint density at radius 3 is 2.29 bits per heavy atom. The normalized spacial score (nSPS) is 14.8. The summed E-state index contributed by atoms with van der Waals surface area (Å²) >= 11 is 9.72. The molecule has 1 heterocycles. The van der Waals surface area contributed by atoms with E-state index in [1.54, 1.807) is 45.1 Å². The Hall–Kier alpha value is -3.10. The van der Waals surface area contributed by atoms with Crippen LogP contribution in [0.2, 0.25) is 5.02 Å². The number of carbonyl (C=O) groups is 3. The number of rotatable bonds is 10. The number of halogens is 2. The lowest BCUT2D eigenvalue weighted by atomic mass is 10.0. The summed E-state index contributed by atoms with van der Waals surface area (Å²) < 4.78 is 6.55. The van der Waals surface area contributed by atoms with Crippen LogP contribution in [0.3, 0.4) is 0 Å². The van der Waals surface area contributed by atoms with Crippen molar-refractivity contribution in [1.82, 2.24) is 4.90 Å². The lowest BCUT2D eigenvalue weighted by molar-refractivity contribution is -0.166. The summed E-state index contributed by atoms with van der Waals surface area (Å²) in [6, 6.07) is 11.7. The molecule has 2 aromatic rings. The number of esters is 1. The fraction of sp³-hybridized carbons (Fsp3) is 0.345. The van der Waals surface area contributed by atoms with Crippen molar-refractivity contribution in [3.63, 3.8) is 0 Å². The molecule has 7 nitrogen and oxygen atoms in total. The van der Waals surface area contributed by atoms with Gasteiger partial charge >= 0.3 is 17.8 Å². The third-order valence-corrected chi connectivity index (χ3v) is 6.68. The van der Waals surface area contributed by atoms with Crippen LogP contribution in [0, 0.1) is 0 Å². The minimum atomic E-state index is -0.953. The third kappa shape index (κ3) is 7.26. The quantitative estimate of drug-likeness (QED) is 0.207. The lowest BCUT2D eigenvalue weighted by Crippen LogP contribution is -2.60. The SMILES string of the molecule is C=CCN(CC=C)c1ccc(Cl)cc1N1CCN([C@@H](Cc2ccc(Br)cc2)C(=O)OC(C)(C)C)C(=O)C1=O. The van der Waals surface area contributed by atoms with Crippen molar-refractivity contribution in [2.75, 3.05) is 36.0 Å². The summed E-state index contributed by atoms with van der Waals surface area (Å²) in [5.74, 6) is -2.06. The van der Waals surface area contributed by atoms with E-state index in [4.69, 9.17) is 16.3 Å². The van der Waals surface area contributed by atoms with Crippen molar-refractivity contribution in [3.8, 4) is 0 Å². The predicted octanol–water partition coefficient (Wildman–Crippen LogP) is 5.41. The van der Waals surface area contributed by atoms with Crippen LogP contribution >= 0.6 is 27.5 Å². The van der Waals surface area contributed by atoms with E-state index in [0.29, 0.717) is 23.8 Å². The maximum Gasteiger partial charge on any atom is 0.329 e. The molecule has 2 aromatic carbocycles. The van der Waals surface area contributed by atoms with Crippen molar-refractivity contribution < 1.29 is 19.1 Å². The Bertz CT molecular complexity index is 1200. The molecule has 0 aliphatic carbocycles. The lowest BCUT2D eigenvalue weighted by Gasteiger charge is -2.39. The number of hydrogen-bond acceptors (Lipinski definition) is 5. The number of hydrogen-bond donors (Lipinski definition) is 0. The Balaban J connectivity index is 1.94. The average Bonchev–Trinajstić information content (AvgIpc) is 2.84. The number of nitrogens with zero attached hydrogens (tertiary/aromatic N) is 3. The second kappa shape index (κ2) is 12.6. The third-order valence-electron chi connectivity index (χ3n) is 5.92. The molecule has 1 fully saturated rings. The van der Waals surface area contributed by atoms with Crippen LogP contribution in [0.1, 0.15) is 26.3 Å². The molecule has 0 N–H and O–H groups in total. The number of amides is 2. The van der Waals surface area contributed by atoms with Crippen LogP contribution in [0.25, 0.3) is 0 Å². The fourth-order valence-corrected chi connectivity index (χ4v) is 4.70. The molecule has 3 rings (SSSR count). The van der Waals surface area contributed by atoms with Gasteiger partial charge in [0.2, 0.25) is 0 Å². The second-order valence-corrected chi connectivity index (χ2v) is 11.3. The van der Waals surface area contributed by atoms with E-state index >= 15 is 0 Å². The van der Waals surface area contributed by atoms with Gasteiger partial charge in [-0.15, -0.1) is 13.2 Å². The average molecular weight is 603 g/mol. The van der Waals surface area contributed by atoms with Crippen molar-refractivity contribution in [2.45, 2.75) is 38.8 Å². The van der Waals surface area contributed by atoms with Gasteiger partial charge in [-0.3, -0.25) is 9.59 Å². The van der Waals surface area contributed by atoms with Crippen molar-refractivity contribution in [1.29, 1.82) is 0 Å². The molecule has 0 bridgehead atoms. The van der Waals surface area contributed by atoms with Gasteiger partial charge in [0.15, 0.2) is 0 Å². The van der Waals surface area contributed by atoms with Crippen LogP contribution in [-0.2, 0) is 25.5 Å².